The van der Waals surface area contributed by atoms with Crippen LogP contribution in [-0.4, -0.2) is 50.7 Å². The maximum atomic E-state index is 10.4. The molecule has 6 nitrogen and oxygen atoms in total. The third-order valence-electron chi connectivity index (χ3n) is 6.11. The third-order valence-corrected chi connectivity index (χ3v) is 6.40. The number of rotatable bonds is 12. The van der Waals surface area contributed by atoms with Crippen molar-refractivity contribution in [2.24, 2.45) is 0 Å². The molecule has 36 heavy (non-hydrogen) atoms. The summed E-state index contributed by atoms with van der Waals surface area (Å²) in [5.74, 6) is 1.46. The normalized spacial score (nSPS) is 17.7. The predicted octanol–water partition coefficient (Wildman–Crippen LogP) is 5.49. The molecule has 1 heterocycles. The molecule has 1 fully saturated rings. The molecule has 0 aliphatic carbocycles. The highest BCUT2D eigenvalue weighted by Gasteiger charge is 2.27. The number of aliphatic hydroxyl groups is 1. The maximum absolute atomic E-state index is 10.4. The molecule has 192 valence electrons. The molecule has 1 saturated heterocycles. The number of β-amino-alcohol motifs (C(OH)–C–C–N with tert-alkyl or cyclic N) is 1. The molecule has 0 aromatic heterocycles. The summed E-state index contributed by atoms with van der Waals surface area (Å²) in [6, 6.07) is 23.8. The van der Waals surface area contributed by atoms with Crippen LogP contribution in [0.5, 0.6) is 11.5 Å². The van der Waals surface area contributed by atoms with Gasteiger partial charge in [-0.05, 0) is 47.5 Å². The van der Waals surface area contributed by atoms with Gasteiger partial charge in [0.25, 0.3) is 0 Å². The fourth-order valence-electron chi connectivity index (χ4n) is 4.24. The van der Waals surface area contributed by atoms with E-state index in [2.05, 4.69) is 17.0 Å². The molecule has 7 heteroatoms. The lowest BCUT2D eigenvalue weighted by molar-refractivity contribution is -0.00478. The van der Waals surface area contributed by atoms with E-state index in [9.17, 15) is 5.11 Å². The van der Waals surface area contributed by atoms with Crippen LogP contribution < -0.4 is 14.4 Å². The molecule has 0 radical (unpaired) electrons. The van der Waals surface area contributed by atoms with Gasteiger partial charge in [-0.2, -0.15) is 0 Å². The minimum absolute atomic E-state index is 0.0820. The van der Waals surface area contributed by atoms with E-state index >= 15 is 0 Å². The lowest BCUT2D eigenvalue weighted by Crippen LogP contribution is -2.46. The van der Waals surface area contributed by atoms with E-state index in [0.29, 0.717) is 56.7 Å². The molecular weight excluding hydrogens is 478 g/mol. The van der Waals surface area contributed by atoms with E-state index in [1.165, 1.54) is 5.56 Å². The molecule has 0 spiro atoms. The van der Waals surface area contributed by atoms with E-state index in [0.717, 1.165) is 23.4 Å². The largest absolute Gasteiger partial charge is 0.495 e. The first-order chi connectivity index (χ1) is 17.6. The Morgan fingerprint density at radius 1 is 0.917 bits per heavy atom. The van der Waals surface area contributed by atoms with Crippen LogP contribution in [0.15, 0.2) is 72.8 Å². The molecule has 4 rings (SSSR count). The van der Waals surface area contributed by atoms with E-state index in [-0.39, 0.29) is 6.10 Å². The molecule has 3 aromatic carbocycles. The first kappa shape index (κ1) is 26.3. The monoisotopic (exact) mass is 511 g/mol. The van der Waals surface area contributed by atoms with Gasteiger partial charge in [-0.25, -0.2) is 0 Å². The van der Waals surface area contributed by atoms with Crippen LogP contribution in [0.25, 0.3) is 0 Å². The van der Waals surface area contributed by atoms with Crippen LogP contribution in [0.3, 0.4) is 0 Å². The first-order valence-corrected chi connectivity index (χ1v) is 12.7. The SMILES string of the molecule is COc1ccc(COC2CC(O)CN(c3ccc(OCCCOCc4ccccc4)cc3)C2)cc1Cl. The topological polar surface area (TPSA) is 60.4 Å². The van der Waals surface area contributed by atoms with E-state index < -0.39 is 6.10 Å². The van der Waals surface area contributed by atoms with Crippen molar-refractivity contribution in [3.05, 3.63) is 88.9 Å². The zero-order chi connectivity index (χ0) is 25.2. The van der Waals surface area contributed by atoms with E-state index in [4.69, 9.17) is 30.5 Å². The van der Waals surface area contributed by atoms with Crippen molar-refractivity contribution in [2.45, 2.75) is 38.3 Å². The highest BCUT2D eigenvalue weighted by molar-refractivity contribution is 6.32. The van der Waals surface area contributed by atoms with Gasteiger partial charge >= 0.3 is 0 Å². The molecule has 3 aromatic rings. The number of hydrogen-bond donors (Lipinski definition) is 1. The number of ether oxygens (including phenoxy) is 4. The molecule has 1 aliphatic heterocycles. The van der Waals surface area contributed by atoms with Crippen LogP contribution in [0, 0.1) is 0 Å². The van der Waals surface area contributed by atoms with Crippen molar-refractivity contribution in [2.75, 3.05) is 38.3 Å². The van der Waals surface area contributed by atoms with Crippen molar-refractivity contribution in [1.29, 1.82) is 0 Å². The number of nitrogens with zero attached hydrogens (tertiary/aromatic N) is 1. The quantitative estimate of drug-likeness (QED) is 0.324. The number of hydrogen-bond acceptors (Lipinski definition) is 6. The predicted molar refractivity (Wildman–Crippen MR) is 142 cm³/mol. The summed E-state index contributed by atoms with van der Waals surface area (Å²) in [6.45, 7) is 3.59. The summed E-state index contributed by atoms with van der Waals surface area (Å²) in [5.41, 5.74) is 3.18. The minimum Gasteiger partial charge on any atom is -0.495 e. The zero-order valence-corrected chi connectivity index (χ0v) is 21.4. The van der Waals surface area contributed by atoms with Gasteiger partial charge in [0.2, 0.25) is 0 Å². The number of halogens is 1. The first-order valence-electron chi connectivity index (χ1n) is 12.3. The number of anilines is 1. The van der Waals surface area contributed by atoms with Crippen LogP contribution in [0.4, 0.5) is 5.69 Å². The third kappa shape index (κ3) is 7.87. The molecule has 1 N–H and O–H groups in total. The van der Waals surface area contributed by atoms with Gasteiger partial charge in [-0.1, -0.05) is 48.0 Å². The lowest BCUT2D eigenvalue weighted by Gasteiger charge is -2.37. The fraction of sp³-hybridized carbons (Fsp3) is 0.379. The highest BCUT2D eigenvalue weighted by Crippen LogP contribution is 2.27. The Kier molecular flexibility index (Phi) is 9.87. The van der Waals surface area contributed by atoms with Gasteiger partial charge in [-0.15, -0.1) is 0 Å². The zero-order valence-electron chi connectivity index (χ0n) is 20.6. The van der Waals surface area contributed by atoms with Crippen molar-refractivity contribution >= 4 is 17.3 Å². The van der Waals surface area contributed by atoms with Crippen molar-refractivity contribution < 1.29 is 24.1 Å². The van der Waals surface area contributed by atoms with Crippen LogP contribution in [-0.2, 0) is 22.7 Å². The second kappa shape index (κ2) is 13.5. The average Bonchev–Trinajstić information content (AvgIpc) is 2.90. The van der Waals surface area contributed by atoms with Gasteiger partial charge in [0, 0.05) is 31.6 Å². The Bertz CT molecular complexity index is 1060. The van der Waals surface area contributed by atoms with Crippen LogP contribution >= 0.6 is 11.6 Å². The summed E-state index contributed by atoms with van der Waals surface area (Å²) >= 11 is 6.22. The van der Waals surface area contributed by atoms with E-state index in [1.807, 2.05) is 60.7 Å². The van der Waals surface area contributed by atoms with Gasteiger partial charge < -0.3 is 29.0 Å². The second-order valence-corrected chi connectivity index (χ2v) is 9.34. The number of benzene rings is 3. The van der Waals surface area contributed by atoms with Crippen LogP contribution in [0.2, 0.25) is 5.02 Å². The number of methoxy groups -OCH3 is 1. The highest BCUT2D eigenvalue weighted by atomic mass is 35.5. The fourth-order valence-corrected chi connectivity index (χ4v) is 4.52. The Morgan fingerprint density at radius 2 is 1.72 bits per heavy atom. The standard InChI is InChI=1S/C29H34ClNO5/c1-33-29-13-8-23(16-28(29)30)21-36-27-17-25(32)18-31(19-27)24-9-11-26(12-10-24)35-15-5-14-34-20-22-6-3-2-4-7-22/h2-4,6-13,16,25,27,32H,5,14-15,17-21H2,1H3. The summed E-state index contributed by atoms with van der Waals surface area (Å²) in [4.78, 5) is 2.15. The van der Waals surface area contributed by atoms with Crippen LogP contribution in [0.1, 0.15) is 24.0 Å². The molecule has 0 bridgehead atoms. The molecule has 2 unspecified atom stereocenters. The Labute approximate surface area is 218 Å². The van der Waals surface area contributed by atoms with Crippen molar-refractivity contribution in [1.82, 2.24) is 0 Å². The van der Waals surface area contributed by atoms with Crippen molar-refractivity contribution in [3.8, 4) is 11.5 Å². The minimum atomic E-state index is -0.449. The summed E-state index contributed by atoms with van der Waals surface area (Å²) in [7, 11) is 1.59. The van der Waals surface area contributed by atoms with Crippen molar-refractivity contribution in [3.63, 3.8) is 0 Å². The molecule has 0 amide bonds. The Balaban J connectivity index is 1.20. The summed E-state index contributed by atoms with van der Waals surface area (Å²) < 4.78 is 22.9. The average molecular weight is 512 g/mol. The van der Waals surface area contributed by atoms with Gasteiger partial charge in [0.05, 0.1) is 50.8 Å². The molecule has 0 saturated carbocycles. The van der Waals surface area contributed by atoms with Gasteiger partial charge in [-0.3, -0.25) is 0 Å². The second-order valence-electron chi connectivity index (χ2n) is 8.93. The molecule has 2 atom stereocenters. The molecular formula is C29H34ClNO5. The maximum Gasteiger partial charge on any atom is 0.137 e. The summed E-state index contributed by atoms with van der Waals surface area (Å²) in [6.07, 6.45) is 0.899. The number of piperidine rings is 1. The number of aliphatic hydroxyl groups excluding tert-OH is 1. The van der Waals surface area contributed by atoms with E-state index in [1.54, 1.807) is 7.11 Å². The smallest absolute Gasteiger partial charge is 0.137 e. The van der Waals surface area contributed by atoms with Gasteiger partial charge in [0.1, 0.15) is 11.5 Å². The molecule has 1 aliphatic rings. The Hall–Kier alpha value is -2.77. The Morgan fingerprint density at radius 3 is 2.47 bits per heavy atom. The lowest BCUT2D eigenvalue weighted by atomic mass is 10.0. The summed E-state index contributed by atoms with van der Waals surface area (Å²) in [5, 5.41) is 11.0. The van der Waals surface area contributed by atoms with Gasteiger partial charge in [0.15, 0.2) is 0 Å².